The van der Waals surface area contributed by atoms with Crippen molar-refractivity contribution in [1.29, 1.82) is 0 Å². The Morgan fingerprint density at radius 3 is 2.38 bits per heavy atom. The average Bonchev–Trinajstić information content (AvgIpc) is 2.28. The molecule has 0 aliphatic rings. The van der Waals surface area contributed by atoms with Crippen LogP contribution in [0.1, 0.15) is 18.1 Å². The highest BCUT2D eigenvalue weighted by molar-refractivity contribution is 5.78. The first kappa shape index (κ1) is 12.7. The van der Waals surface area contributed by atoms with Crippen molar-refractivity contribution in [2.24, 2.45) is 5.92 Å². The predicted molar refractivity (Wildman–Crippen MR) is 63.9 cm³/mol. The first-order valence-corrected chi connectivity index (χ1v) is 5.45. The quantitative estimate of drug-likeness (QED) is 0.836. The molecule has 0 radical (unpaired) electrons. The monoisotopic (exact) mass is 221 g/mol. The van der Waals surface area contributed by atoms with E-state index in [1.807, 2.05) is 31.2 Å². The zero-order valence-electron chi connectivity index (χ0n) is 10.1. The van der Waals surface area contributed by atoms with Crippen molar-refractivity contribution in [2.75, 3.05) is 14.1 Å². The van der Waals surface area contributed by atoms with Gasteiger partial charge in [-0.15, -0.1) is 0 Å². The van der Waals surface area contributed by atoms with Gasteiger partial charge in [0, 0.05) is 20.0 Å². The fraction of sp³-hybridized carbons (Fsp3) is 0.462. The minimum atomic E-state index is -0.0531. The van der Waals surface area contributed by atoms with E-state index < -0.39 is 0 Å². The van der Waals surface area contributed by atoms with Gasteiger partial charge in [-0.3, -0.25) is 4.79 Å². The largest absolute Gasteiger partial charge is 0.392 e. The van der Waals surface area contributed by atoms with Crippen LogP contribution in [0.25, 0.3) is 0 Å². The molecule has 16 heavy (non-hydrogen) atoms. The number of carbonyl (C=O) groups excluding carboxylic acids is 1. The van der Waals surface area contributed by atoms with Crippen LogP contribution in [0.15, 0.2) is 24.3 Å². The summed E-state index contributed by atoms with van der Waals surface area (Å²) in [5.74, 6) is 0.0652. The van der Waals surface area contributed by atoms with Gasteiger partial charge in [0.05, 0.1) is 6.61 Å². The molecule has 3 nitrogen and oxygen atoms in total. The van der Waals surface area contributed by atoms with Gasteiger partial charge >= 0.3 is 0 Å². The number of nitrogens with zero attached hydrogens (tertiary/aromatic N) is 1. The van der Waals surface area contributed by atoms with Crippen molar-refractivity contribution >= 4 is 5.91 Å². The third-order valence-corrected chi connectivity index (χ3v) is 2.68. The summed E-state index contributed by atoms with van der Waals surface area (Å²) in [6.45, 7) is 1.94. The molecule has 0 saturated carbocycles. The van der Waals surface area contributed by atoms with Gasteiger partial charge in [0.15, 0.2) is 0 Å². The molecule has 0 aromatic heterocycles. The summed E-state index contributed by atoms with van der Waals surface area (Å²) in [4.78, 5) is 13.3. The number of carbonyl (C=O) groups is 1. The first-order valence-electron chi connectivity index (χ1n) is 5.45. The summed E-state index contributed by atoms with van der Waals surface area (Å²) < 4.78 is 0. The molecule has 0 aliphatic heterocycles. The second-order valence-corrected chi connectivity index (χ2v) is 4.26. The van der Waals surface area contributed by atoms with Crippen LogP contribution in [-0.2, 0) is 17.8 Å². The van der Waals surface area contributed by atoms with E-state index in [-0.39, 0.29) is 18.4 Å². The maximum atomic E-state index is 11.7. The maximum absolute atomic E-state index is 11.7. The van der Waals surface area contributed by atoms with E-state index in [1.165, 1.54) is 0 Å². The van der Waals surface area contributed by atoms with Gasteiger partial charge in [-0.25, -0.2) is 0 Å². The van der Waals surface area contributed by atoms with E-state index in [4.69, 9.17) is 0 Å². The van der Waals surface area contributed by atoms with E-state index in [2.05, 4.69) is 0 Å². The van der Waals surface area contributed by atoms with Gasteiger partial charge in [0.2, 0.25) is 5.91 Å². The minimum Gasteiger partial charge on any atom is -0.392 e. The molecular formula is C13H19NO2. The Bertz CT molecular complexity index is 361. The fourth-order valence-electron chi connectivity index (χ4n) is 1.77. The third-order valence-electron chi connectivity index (χ3n) is 2.68. The predicted octanol–water partition coefficient (Wildman–Crippen LogP) is 1.45. The Morgan fingerprint density at radius 2 is 1.88 bits per heavy atom. The van der Waals surface area contributed by atoms with Crippen molar-refractivity contribution in [3.63, 3.8) is 0 Å². The summed E-state index contributed by atoms with van der Waals surface area (Å²) in [7, 11) is 3.52. The minimum absolute atomic E-state index is 0.0268. The molecule has 0 bridgehead atoms. The second-order valence-electron chi connectivity index (χ2n) is 4.26. The maximum Gasteiger partial charge on any atom is 0.225 e. The second kappa shape index (κ2) is 5.66. The van der Waals surface area contributed by atoms with E-state index >= 15 is 0 Å². The molecular weight excluding hydrogens is 202 g/mol. The van der Waals surface area contributed by atoms with Crippen LogP contribution in [0.2, 0.25) is 0 Å². The Balaban J connectivity index is 2.76. The van der Waals surface area contributed by atoms with Gasteiger partial charge in [0.25, 0.3) is 0 Å². The molecule has 88 valence electrons. The highest BCUT2D eigenvalue weighted by Gasteiger charge is 2.16. The van der Waals surface area contributed by atoms with Gasteiger partial charge in [-0.1, -0.05) is 31.2 Å². The molecule has 0 heterocycles. The zero-order chi connectivity index (χ0) is 12.1. The van der Waals surface area contributed by atoms with Crippen molar-refractivity contribution < 1.29 is 9.90 Å². The van der Waals surface area contributed by atoms with Crippen molar-refractivity contribution in [1.82, 2.24) is 4.90 Å². The molecule has 0 aliphatic carbocycles. The van der Waals surface area contributed by atoms with E-state index in [0.717, 1.165) is 11.1 Å². The van der Waals surface area contributed by atoms with Crippen LogP contribution < -0.4 is 0 Å². The Hall–Kier alpha value is -1.35. The number of rotatable bonds is 4. The summed E-state index contributed by atoms with van der Waals surface area (Å²) >= 11 is 0. The molecule has 0 fully saturated rings. The standard InChI is InChI=1S/C13H19NO2/c1-10(13(16)14(2)3)8-11-6-4-5-7-12(11)9-15/h4-7,10,15H,8-9H2,1-3H3. The van der Waals surface area contributed by atoms with E-state index in [0.29, 0.717) is 6.42 Å². The van der Waals surface area contributed by atoms with Crippen molar-refractivity contribution in [3.05, 3.63) is 35.4 Å². The summed E-state index contributed by atoms with van der Waals surface area (Å²) in [5, 5.41) is 9.18. The van der Waals surface area contributed by atoms with Gasteiger partial charge < -0.3 is 10.0 Å². The normalized spacial score (nSPS) is 12.2. The van der Waals surface area contributed by atoms with Crippen LogP contribution in [0.4, 0.5) is 0 Å². The van der Waals surface area contributed by atoms with Crippen molar-refractivity contribution in [2.45, 2.75) is 20.0 Å². The van der Waals surface area contributed by atoms with E-state index in [1.54, 1.807) is 19.0 Å². The highest BCUT2D eigenvalue weighted by atomic mass is 16.3. The number of benzene rings is 1. The number of amides is 1. The first-order chi connectivity index (χ1) is 7.56. The van der Waals surface area contributed by atoms with E-state index in [9.17, 15) is 9.90 Å². The van der Waals surface area contributed by atoms with Crippen LogP contribution in [0, 0.1) is 5.92 Å². The fourth-order valence-corrected chi connectivity index (χ4v) is 1.77. The molecule has 1 aromatic carbocycles. The molecule has 1 N–H and O–H groups in total. The highest BCUT2D eigenvalue weighted by Crippen LogP contribution is 2.15. The number of aliphatic hydroxyl groups is 1. The Labute approximate surface area is 96.7 Å². The lowest BCUT2D eigenvalue weighted by atomic mass is 9.96. The smallest absolute Gasteiger partial charge is 0.225 e. The molecule has 1 atom stereocenters. The number of hydrogen-bond acceptors (Lipinski definition) is 2. The SMILES string of the molecule is CC(Cc1ccccc1CO)C(=O)N(C)C. The summed E-state index contributed by atoms with van der Waals surface area (Å²) in [6.07, 6.45) is 0.674. The molecule has 3 heteroatoms. The molecule has 0 saturated heterocycles. The summed E-state index contributed by atoms with van der Waals surface area (Å²) in [6, 6.07) is 7.68. The lowest BCUT2D eigenvalue weighted by Gasteiger charge is -2.17. The Morgan fingerprint density at radius 1 is 1.31 bits per heavy atom. The lowest BCUT2D eigenvalue weighted by molar-refractivity contribution is -0.132. The molecule has 1 aromatic rings. The van der Waals surface area contributed by atoms with Gasteiger partial charge in [0.1, 0.15) is 0 Å². The Kier molecular flexibility index (Phi) is 4.50. The van der Waals surface area contributed by atoms with Gasteiger partial charge in [-0.05, 0) is 17.5 Å². The van der Waals surface area contributed by atoms with Crippen molar-refractivity contribution in [3.8, 4) is 0 Å². The molecule has 1 amide bonds. The van der Waals surface area contributed by atoms with Crippen LogP contribution in [-0.4, -0.2) is 30.0 Å². The molecule has 0 spiro atoms. The van der Waals surface area contributed by atoms with Crippen LogP contribution >= 0.6 is 0 Å². The molecule has 1 unspecified atom stereocenters. The van der Waals surface area contributed by atoms with Crippen LogP contribution in [0.5, 0.6) is 0 Å². The molecule has 1 rings (SSSR count). The lowest BCUT2D eigenvalue weighted by Crippen LogP contribution is -2.29. The average molecular weight is 221 g/mol. The topological polar surface area (TPSA) is 40.5 Å². The van der Waals surface area contributed by atoms with Gasteiger partial charge in [-0.2, -0.15) is 0 Å². The summed E-state index contributed by atoms with van der Waals surface area (Å²) in [5.41, 5.74) is 1.95. The number of hydrogen-bond donors (Lipinski definition) is 1. The van der Waals surface area contributed by atoms with Crippen LogP contribution in [0.3, 0.4) is 0 Å². The number of aliphatic hydroxyl groups excluding tert-OH is 1. The zero-order valence-corrected chi connectivity index (χ0v) is 10.1. The third kappa shape index (κ3) is 3.07.